The molecule has 0 radical (unpaired) electrons. The fraction of sp³-hybridized carbons (Fsp3) is 0.368. The van der Waals surface area contributed by atoms with Gasteiger partial charge in [0.25, 0.3) is 0 Å². The number of benzene rings is 6. The molecule has 1 aliphatic rings. The Balaban J connectivity index is 1.24. The number of hydrogen-bond donors (Lipinski definition) is 0. The molecule has 0 amide bonds. The summed E-state index contributed by atoms with van der Waals surface area (Å²) in [4.78, 5) is 0. The summed E-state index contributed by atoms with van der Waals surface area (Å²) >= 11 is 0. The Morgan fingerprint density at radius 1 is 0.316 bits per heavy atom. The van der Waals surface area contributed by atoms with E-state index in [1.54, 1.807) is 11.1 Å². The molecule has 6 aromatic rings. The lowest BCUT2D eigenvalue weighted by atomic mass is 9.70. The van der Waals surface area contributed by atoms with Crippen LogP contribution in [0.25, 0.3) is 55.6 Å². The molecule has 0 atom stereocenters. The maximum atomic E-state index is 2.60. The van der Waals surface area contributed by atoms with E-state index in [9.17, 15) is 0 Å². The quantitative estimate of drug-likeness (QED) is 0.0682. The number of aryl methyl sites for hydroxylation is 2. The molecule has 7 rings (SSSR count). The number of unbranched alkanes of at least 4 members (excludes halogenated alkanes) is 8. The molecule has 57 heavy (non-hydrogen) atoms. The first-order valence-corrected chi connectivity index (χ1v) is 22.8. The molecule has 0 unspecified atom stereocenters. The van der Waals surface area contributed by atoms with Gasteiger partial charge in [-0.3, -0.25) is 0 Å². The van der Waals surface area contributed by atoms with Crippen LogP contribution in [0.1, 0.15) is 140 Å². The first-order valence-electron chi connectivity index (χ1n) is 22.8. The molecule has 0 fully saturated rings. The van der Waals surface area contributed by atoms with Gasteiger partial charge in [0.2, 0.25) is 0 Å². The third kappa shape index (κ3) is 9.39. The van der Waals surface area contributed by atoms with Crippen LogP contribution in [0.5, 0.6) is 0 Å². The lowest BCUT2D eigenvalue weighted by Gasteiger charge is -2.33. The van der Waals surface area contributed by atoms with E-state index in [-0.39, 0.29) is 5.41 Å². The molecule has 0 heteroatoms. The average Bonchev–Trinajstić information content (AvgIpc) is 3.53. The molecule has 0 aromatic heterocycles. The lowest BCUT2D eigenvalue weighted by Crippen LogP contribution is -2.25. The van der Waals surface area contributed by atoms with Crippen LogP contribution in [0.4, 0.5) is 0 Å². The van der Waals surface area contributed by atoms with Crippen molar-refractivity contribution in [1.29, 1.82) is 0 Å². The van der Waals surface area contributed by atoms with Crippen LogP contribution in [-0.2, 0) is 18.3 Å². The zero-order valence-corrected chi connectivity index (χ0v) is 35.5. The van der Waals surface area contributed by atoms with Crippen molar-refractivity contribution in [2.45, 2.75) is 136 Å². The van der Waals surface area contributed by atoms with Crippen LogP contribution in [0, 0.1) is 0 Å². The molecular formula is C57H66. The van der Waals surface area contributed by atoms with Gasteiger partial charge in [0, 0.05) is 5.41 Å². The standard InChI is InChI=1S/C57H66/c1-5-9-13-15-37-57(38-16-14-10-6-2)55-41-51(47-29-25-45(26-30-47)49-23-17-21-43(39-49)19-11-7-3)33-35-53(55)54-36-34-52(42-56(54)57)48-31-27-46(28-32-48)50-24-18-22-44(40-50)20-12-8-4/h17-18,21-36,39-42H,5-16,19-20,37-38H2,1-4H3. The second-order valence-corrected chi connectivity index (χ2v) is 17.0. The minimum absolute atomic E-state index is 0.0237. The highest BCUT2D eigenvalue weighted by atomic mass is 14.5. The molecule has 0 aliphatic heterocycles. The van der Waals surface area contributed by atoms with Gasteiger partial charge in [-0.15, -0.1) is 0 Å². The average molecular weight is 751 g/mol. The van der Waals surface area contributed by atoms with Gasteiger partial charge < -0.3 is 0 Å². The smallest absolute Gasteiger partial charge is 0.0215 e. The fourth-order valence-electron chi connectivity index (χ4n) is 9.51. The Kier molecular flexibility index (Phi) is 14.0. The Morgan fingerprint density at radius 3 is 1.04 bits per heavy atom. The summed E-state index contributed by atoms with van der Waals surface area (Å²) < 4.78 is 0. The summed E-state index contributed by atoms with van der Waals surface area (Å²) in [6, 6.07) is 51.9. The third-order valence-electron chi connectivity index (χ3n) is 12.9. The molecule has 0 saturated carbocycles. The highest BCUT2D eigenvalue weighted by Gasteiger charge is 2.42. The summed E-state index contributed by atoms with van der Waals surface area (Å²) in [5, 5.41) is 0. The number of rotatable bonds is 20. The van der Waals surface area contributed by atoms with Crippen molar-refractivity contribution in [3.8, 4) is 55.6 Å². The zero-order valence-electron chi connectivity index (χ0n) is 35.5. The van der Waals surface area contributed by atoms with Crippen molar-refractivity contribution in [2.75, 3.05) is 0 Å². The molecule has 0 nitrogen and oxygen atoms in total. The van der Waals surface area contributed by atoms with Gasteiger partial charge in [-0.1, -0.05) is 213 Å². The molecule has 6 aromatic carbocycles. The van der Waals surface area contributed by atoms with E-state index in [0.717, 1.165) is 12.8 Å². The Bertz CT molecular complexity index is 2020. The Labute approximate surface area is 345 Å². The second-order valence-electron chi connectivity index (χ2n) is 17.0. The van der Waals surface area contributed by atoms with Crippen molar-refractivity contribution in [3.05, 3.63) is 156 Å². The summed E-state index contributed by atoms with van der Waals surface area (Å²) in [5.74, 6) is 0. The van der Waals surface area contributed by atoms with Crippen LogP contribution in [0.15, 0.2) is 133 Å². The summed E-state index contributed by atoms with van der Waals surface area (Å²) in [7, 11) is 0. The molecule has 0 heterocycles. The zero-order chi connectivity index (χ0) is 39.5. The van der Waals surface area contributed by atoms with E-state index in [2.05, 4.69) is 161 Å². The Morgan fingerprint density at radius 2 is 0.667 bits per heavy atom. The molecule has 0 bridgehead atoms. The minimum atomic E-state index is 0.0237. The SMILES string of the molecule is CCCCCCC1(CCCCCC)c2cc(-c3ccc(-c4cccc(CCCC)c4)cc3)ccc2-c2ccc(-c3ccc(-c4cccc(CCCC)c4)cc3)cc21. The minimum Gasteiger partial charge on any atom is -0.0654 e. The van der Waals surface area contributed by atoms with E-state index < -0.39 is 0 Å². The van der Waals surface area contributed by atoms with Crippen LogP contribution >= 0.6 is 0 Å². The third-order valence-corrected chi connectivity index (χ3v) is 12.9. The normalized spacial score (nSPS) is 12.8. The largest absolute Gasteiger partial charge is 0.0654 e. The van der Waals surface area contributed by atoms with Crippen LogP contribution in [0.3, 0.4) is 0 Å². The van der Waals surface area contributed by atoms with Gasteiger partial charge in [0.15, 0.2) is 0 Å². The summed E-state index contributed by atoms with van der Waals surface area (Å²) in [6.45, 7) is 9.22. The first-order chi connectivity index (χ1) is 28.1. The van der Waals surface area contributed by atoms with Crippen molar-refractivity contribution >= 4 is 0 Å². The van der Waals surface area contributed by atoms with E-state index in [1.807, 2.05) is 0 Å². The fourth-order valence-corrected chi connectivity index (χ4v) is 9.51. The molecule has 0 N–H and O–H groups in total. The van der Waals surface area contributed by atoms with E-state index in [1.165, 1.54) is 157 Å². The first kappa shape index (κ1) is 40.5. The van der Waals surface area contributed by atoms with E-state index in [0.29, 0.717) is 0 Å². The van der Waals surface area contributed by atoms with Crippen LogP contribution in [-0.4, -0.2) is 0 Å². The van der Waals surface area contributed by atoms with E-state index >= 15 is 0 Å². The monoisotopic (exact) mass is 751 g/mol. The van der Waals surface area contributed by atoms with Gasteiger partial charge in [0.05, 0.1) is 0 Å². The predicted octanol–water partition coefficient (Wildman–Crippen LogP) is 17.2. The summed E-state index contributed by atoms with van der Waals surface area (Å²) in [5.41, 5.74) is 19.5. The van der Waals surface area contributed by atoms with E-state index in [4.69, 9.17) is 0 Å². The lowest BCUT2D eigenvalue weighted by molar-refractivity contribution is 0.401. The molecular weight excluding hydrogens is 685 g/mol. The van der Waals surface area contributed by atoms with Crippen molar-refractivity contribution in [2.24, 2.45) is 0 Å². The van der Waals surface area contributed by atoms with Gasteiger partial charge >= 0.3 is 0 Å². The summed E-state index contributed by atoms with van der Waals surface area (Å²) in [6.07, 6.45) is 20.0. The molecule has 0 spiro atoms. The molecule has 1 aliphatic carbocycles. The van der Waals surface area contributed by atoms with Crippen molar-refractivity contribution in [1.82, 2.24) is 0 Å². The molecule has 294 valence electrons. The maximum absolute atomic E-state index is 2.60. The van der Waals surface area contributed by atoms with Crippen molar-refractivity contribution in [3.63, 3.8) is 0 Å². The van der Waals surface area contributed by atoms with Gasteiger partial charge in [-0.2, -0.15) is 0 Å². The van der Waals surface area contributed by atoms with Crippen LogP contribution < -0.4 is 0 Å². The van der Waals surface area contributed by atoms with Gasteiger partial charge in [-0.05, 0) is 129 Å². The second kappa shape index (κ2) is 19.7. The van der Waals surface area contributed by atoms with Gasteiger partial charge in [0.1, 0.15) is 0 Å². The number of fused-ring (bicyclic) bond motifs is 3. The maximum Gasteiger partial charge on any atom is 0.0215 e. The predicted molar refractivity (Wildman–Crippen MR) is 249 cm³/mol. The van der Waals surface area contributed by atoms with Crippen molar-refractivity contribution < 1.29 is 0 Å². The number of hydrogen-bond acceptors (Lipinski definition) is 0. The highest BCUT2D eigenvalue weighted by molar-refractivity contribution is 5.86. The van der Waals surface area contributed by atoms with Gasteiger partial charge in [-0.25, -0.2) is 0 Å². The topological polar surface area (TPSA) is 0 Å². The van der Waals surface area contributed by atoms with Crippen LogP contribution in [0.2, 0.25) is 0 Å². The highest BCUT2D eigenvalue weighted by Crippen LogP contribution is 2.56. The molecule has 0 saturated heterocycles. The Hall–Kier alpha value is -4.68.